The minimum absolute atomic E-state index is 0.0267. The van der Waals surface area contributed by atoms with Gasteiger partial charge >= 0.3 is 11.9 Å². The van der Waals surface area contributed by atoms with Crippen LogP contribution in [0.25, 0.3) is 0 Å². The van der Waals surface area contributed by atoms with E-state index in [0.717, 1.165) is 109 Å². The van der Waals surface area contributed by atoms with Crippen molar-refractivity contribution in [3.05, 3.63) is 0 Å². The van der Waals surface area contributed by atoms with Gasteiger partial charge in [-0.2, -0.15) is 0 Å². The molecule has 7 heteroatoms. The normalized spacial score (nSPS) is 16.9. The van der Waals surface area contributed by atoms with Gasteiger partial charge in [0.1, 0.15) is 0 Å². The minimum Gasteiger partial charge on any atom is -0.466 e. The minimum atomic E-state index is -0.449. The van der Waals surface area contributed by atoms with Crippen LogP contribution < -0.4 is 0 Å². The molecule has 0 N–H and O–H groups in total. The number of hydrogen-bond donors (Lipinski definition) is 0. The third-order valence-electron chi connectivity index (χ3n) is 12.1. The summed E-state index contributed by atoms with van der Waals surface area (Å²) in [5, 5.41) is 0. The van der Waals surface area contributed by atoms with E-state index in [-0.39, 0.29) is 24.0 Å². The van der Waals surface area contributed by atoms with Crippen LogP contribution in [0.3, 0.4) is 0 Å². The summed E-state index contributed by atoms with van der Waals surface area (Å²) in [6.07, 6.45) is 41.8. The van der Waals surface area contributed by atoms with Gasteiger partial charge in [0, 0.05) is 25.8 Å². The second-order valence-electron chi connectivity index (χ2n) is 18.0. The van der Waals surface area contributed by atoms with Crippen molar-refractivity contribution in [2.75, 3.05) is 40.5 Å². The van der Waals surface area contributed by atoms with Gasteiger partial charge in [-0.3, -0.25) is 9.59 Å². The zero-order valence-corrected chi connectivity index (χ0v) is 38.8. The molecule has 0 aromatic heterocycles. The first-order valence-electron chi connectivity index (χ1n) is 25.1. The topological polar surface area (TPSA) is 74.3 Å². The van der Waals surface area contributed by atoms with Gasteiger partial charge in [-0.25, -0.2) is 0 Å². The highest BCUT2D eigenvalue weighted by atomic mass is 16.7. The Kier molecular flexibility index (Phi) is 36.8. The highest BCUT2D eigenvalue weighted by Crippen LogP contribution is 2.35. The molecule has 338 valence electrons. The number of ether oxygens (including phenoxy) is 4. The highest BCUT2D eigenvalue weighted by molar-refractivity contribution is 5.72. The van der Waals surface area contributed by atoms with E-state index < -0.39 is 5.79 Å². The summed E-state index contributed by atoms with van der Waals surface area (Å²) in [7, 11) is 4.23. The summed E-state index contributed by atoms with van der Waals surface area (Å²) >= 11 is 0. The molecule has 1 aliphatic heterocycles. The van der Waals surface area contributed by atoms with E-state index in [1.54, 1.807) is 0 Å². The molecule has 0 spiro atoms. The summed E-state index contributed by atoms with van der Waals surface area (Å²) in [6.45, 7) is 9.60. The Morgan fingerprint density at radius 1 is 0.561 bits per heavy atom. The van der Waals surface area contributed by atoms with E-state index in [2.05, 4.69) is 39.8 Å². The lowest BCUT2D eigenvalue weighted by molar-refractivity contribution is -0.180. The molecule has 1 heterocycles. The van der Waals surface area contributed by atoms with Gasteiger partial charge in [-0.05, 0) is 65.5 Å². The lowest BCUT2D eigenvalue weighted by atomic mass is 9.94. The van der Waals surface area contributed by atoms with E-state index in [4.69, 9.17) is 18.9 Å². The second-order valence-corrected chi connectivity index (χ2v) is 18.0. The van der Waals surface area contributed by atoms with Crippen LogP contribution in [0, 0.1) is 5.92 Å². The monoisotopic (exact) mass is 808 g/mol. The van der Waals surface area contributed by atoms with Gasteiger partial charge in [0.15, 0.2) is 5.79 Å². The maximum absolute atomic E-state index is 13.1. The van der Waals surface area contributed by atoms with Crippen molar-refractivity contribution in [2.24, 2.45) is 5.92 Å². The third-order valence-corrected chi connectivity index (χ3v) is 12.1. The third kappa shape index (κ3) is 32.3. The van der Waals surface area contributed by atoms with Gasteiger partial charge in [-0.15, -0.1) is 0 Å². The van der Waals surface area contributed by atoms with Crippen LogP contribution in [0.15, 0.2) is 0 Å². The molecular formula is C50H97NO6. The van der Waals surface area contributed by atoms with E-state index >= 15 is 0 Å². The van der Waals surface area contributed by atoms with Gasteiger partial charge in [0.2, 0.25) is 0 Å². The first kappa shape index (κ1) is 53.8. The number of carbonyl (C=O) groups is 2. The number of rotatable bonds is 43. The van der Waals surface area contributed by atoms with E-state index in [1.807, 2.05) is 0 Å². The smallest absolute Gasteiger partial charge is 0.308 e. The fourth-order valence-electron chi connectivity index (χ4n) is 8.28. The Hall–Kier alpha value is -1.18. The molecule has 0 bridgehead atoms. The zero-order valence-electron chi connectivity index (χ0n) is 38.8. The predicted octanol–water partition coefficient (Wildman–Crippen LogP) is 14.5. The number of unbranched alkanes of at least 4 members (excludes halogenated alkanes) is 25. The molecule has 1 rings (SSSR count). The van der Waals surface area contributed by atoms with E-state index in [1.165, 1.54) is 122 Å². The quantitative estimate of drug-likeness (QED) is 0.0449. The standard InChI is InChI=1S/C50H97NO6/c1-6-9-12-15-18-19-24-31-38-48(52)54-43-34-28-26-33-41-50(56-45-47(57-50)39-42-51(4)5)40-32-25-20-21-27-35-44-55-49(53)46(36-29-22-16-13-10-7-2)37-30-23-17-14-11-8-3/h46-47H,6-45H2,1-5H3. The molecule has 0 radical (unpaired) electrons. The van der Waals surface area contributed by atoms with Gasteiger partial charge in [0.25, 0.3) is 0 Å². The van der Waals surface area contributed by atoms with Crippen molar-refractivity contribution in [1.82, 2.24) is 4.90 Å². The van der Waals surface area contributed by atoms with E-state index in [0.29, 0.717) is 26.2 Å². The van der Waals surface area contributed by atoms with Crippen molar-refractivity contribution in [2.45, 2.75) is 264 Å². The van der Waals surface area contributed by atoms with Crippen LogP contribution in [0.2, 0.25) is 0 Å². The molecule has 1 aliphatic rings. The fourth-order valence-corrected chi connectivity index (χ4v) is 8.28. The molecule has 0 saturated carbocycles. The Morgan fingerprint density at radius 2 is 0.982 bits per heavy atom. The molecule has 0 aromatic rings. The molecule has 57 heavy (non-hydrogen) atoms. The zero-order chi connectivity index (χ0) is 41.5. The van der Waals surface area contributed by atoms with Crippen molar-refractivity contribution in [3.8, 4) is 0 Å². The predicted molar refractivity (Wildman–Crippen MR) is 241 cm³/mol. The molecular weight excluding hydrogens is 711 g/mol. The highest BCUT2D eigenvalue weighted by Gasteiger charge is 2.40. The Morgan fingerprint density at radius 3 is 1.47 bits per heavy atom. The van der Waals surface area contributed by atoms with Gasteiger partial charge < -0.3 is 23.8 Å². The van der Waals surface area contributed by atoms with Crippen molar-refractivity contribution < 1.29 is 28.5 Å². The lowest BCUT2D eigenvalue weighted by Gasteiger charge is -2.29. The van der Waals surface area contributed by atoms with Crippen molar-refractivity contribution in [1.29, 1.82) is 0 Å². The Labute approximate surface area is 354 Å². The van der Waals surface area contributed by atoms with E-state index in [9.17, 15) is 9.59 Å². The number of carbonyl (C=O) groups excluding carboxylic acids is 2. The fraction of sp³-hybridized carbons (Fsp3) is 0.960. The van der Waals surface area contributed by atoms with Gasteiger partial charge in [0.05, 0.1) is 31.8 Å². The Balaban J connectivity index is 2.29. The molecule has 1 fully saturated rings. The maximum Gasteiger partial charge on any atom is 0.308 e. The molecule has 2 unspecified atom stereocenters. The van der Waals surface area contributed by atoms with Crippen LogP contribution >= 0.6 is 0 Å². The summed E-state index contributed by atoms with van der Waals surface area (Å²) in [5.41, 5.74) is 0. The van der Waals surface area contributed by atoms with Crippen molar-refractivity contribution >= 4 is 11.9 Å². The summed E-state index contributed by atoms with van der Waals surface area (Å²) in [4.78, 5) is 27.4. The number of nitrogens with zero attached hydrogens (tertiary/aromatic N) is 1. The van der Waals surface area contributed by atoms with Crippen LogP contribution in [0.1, 0.15) is 252 Å². The molecule has 7 nitrogen and oxygen atoms in total. The first-order chi connectivity index (χ1) is 27.9. The molecule has 0 aromatic carbocycles. The van der Waals surface area contributed by atoms with Crippen LogP contribution in [0.4, 0.5) is 0 Å². The number of esters is 2. The molecule has 0 amide bonds. The number of hydrogen-bond acceptors (Lipinski definition) is 7. The second kappa shape index (κ2) is 39.0. The average molecular weight is 808 g/mol. The van der Waals surface area contributed by atoms with Crippen LogP contribution in [0.5, 0.6) is 0 Å². The average Bonchev–Trinajstić information content (AvgIpc) is 3.61. The largest absolute Gasteiger partial charge is 0.466 e. The van der Waals surface area contributed by atoms with Crippen LogP contribution in [-0.4, -0.2) is 69.2 Å². The summed E-state index contributed by atoms with van der Waals surface area (Å²) < 4.78 is 24.5. The molecule has 0 aliphatic carbocycles. The SMILES string of the molecule is CCCCCCCCCCC(=O)OCCCCCCC1(CCCCCCCCOC(=O)C(CCCCCCCC)CCCCCCCC)OCC(CCN(C)C)O1. The molecule has 1 saturated heterocycles. The molecule has 2 atom stereocenters. The summed E-state index contributed by atoms with van der Waals surface area (Å²) in [5.74, 6) is -0.317. The summed E-state index contributed by atoms with van der Waals surface area (Å²) in [6, 6.07) is 0. The van der Waals surface area contributed by atoms with Crippen LogP contribution in [-0.2, 0) is 28.5 Å². The maximum atomic E-state index is 13.1. The van der Waals surface area contributed by atoms with Crippen molar-refractivity contribution in [3.63, 3.8) is 0 Å². The van der Waals surface area contributed by atoms with Gasteiger partial charge in [-0.1, -0.05) is 181 Å². The Bertz CT molecular complexity index is 882. The first-order valence-corrected chi connectivity index (χ1v) is 25.1. The lowest BCUT2D eigenvalue weighted by Crippen LogP contribution is -2.31.